The van der Waals surface area contributed by atoms with Crippen LogP contribution in [0.3, 0.4) is 0 Å². The van der Waals surface area contributed by atoms with E-state index < -0.39 is 0 Å². The van der Waals surface area contributed by atoms with E-state index in [0.29, 0.717) is 37.8 Å². The molecule has 1 aliphatic heterocycles. The highest BCUT2D eigenvalue weighted by molar-refractivity contribution is 5.64. The summed E-state index contributed by atoms with van der Waals surface area (Å²) in [6.45, 7) is 4.05. The summed E-state index contributed by atoms with van der Waals surface area (Å²) < 4.78 is 6.98. The Morgan fingerprint density at radius 3 is 2.52 bits per heavy atom. The zero-order chi connectivity index (χ0) is 14.8. The van der Waals surface area contributed by atoms with Gasteiger partial charge in [-0.3, -0.25) is 10.1 Å². The van der Waals surface area contributed by atoms with Gasteiger partial charge in [0.25, 0.3) is 0 Å². The summed E-state index contributed by atoms with van der Waals surface area (Å²) in [6, 6.07) is 9.46. The molecular formula is C14H16N4O3. The van der Waals surface area contributed by atoms with Gasteiger partial charge in [-0.2, -0.15) is 5.10 Å². The van der Waals surface area contributed by atoms with Crippen LogP contribution in [-0.4, -0.2) is 41.0 Å². The third-order valence-corrected chi connectivity index (χ3v) is 3.50. The van der Waals surface area contributed by atoms with Crippen molar-refractivity contribution >= 4 is 11.5 Å². The largest absolute Gasteiger partial charge is 0.378 e. The van der Waals surface area contributed by atoms with Gasteiger partial charge in [0.15, 0.2) is 0 Å². The van der Waals surface area contributed by atoms with E-state index in [9.17, 15) is 10.1 Å². The minimum absolute atomic E-state index is 0.0701. The number of benzene rings is 1. The third-order valence-electron chi connectivity index (χ3n) is 3.50. The fourth-order valence-corrected chi connectivity index (χ4v) is 2.53. The van der Waals surface area contributed by atoms with Gasteiger partial charge >= 0.3 is 5.69 Å². The Morgan fingerprint density at radius 2 is 1.90 bits per heavy atom. The molecule has 0 bridgehead atoms. The minimum atomic E-state index is -0.355. The quantitative estimate of drug-likeness (QED) is 0.637. The SMILES string of the molecule is Cc1nn(-c2ccccc2)c(N2CCOCC2)c1[N+](=O)[O-]. The van der Waals surface area contributed by atoms with Gasteiger partial charge in [-0.25, -0.2) is 4.68 Å². The Morgan fingerprint density at radius 1 is 1.24 bits per heavy atom. The molecule has 7 heteroatoms. The lowest BCUT2D eigenvalue weighted by Crippen LogP contribution is -2.37. The van der Waals surface area contributed by atoms with Crippen LogP contribution in [0.25, 0.3) is 5.69 Å². The predicted octanol–water partition coefficient (Wildman–Crippen LogP) is 1.93. The first kappa shape index (κ1) is 13.6. The summed E-state index contributed by atoms with van der Waals surface area (Å²) in [5, 5.41) is 15.8. The average Bonchev–Trinajstić information content (AvgIpc) is 2.86. The van der Waals surface area contributed by atoms with Crippen LogP contribution in [0.5, 0.6) is 0 Å². The lowest BCUT2D eigenvalue weighted by atomic mass is 10.3. The van der Waals surface area contributed by atoms with Gasteiger partial charge in [-0.05, 0) is 19.1 Å². The van der Waals surface area contributed by atoms with Crippen molar-refractivity contribution in [3.05, 3.63) is 46.1 Å². The summed E-state index contributed by atoms with van der Waals surface area (Å²) in [6.07, 6.45) is 0. The third kappa shape index (κ3) is 2.47. The van der Waals surface area contributed by atoms with Gasteiger partial charge in [0.1, 0.15) is 5.69 Å². The van der Waals surface area contributed by atoms with E-state index in [2.05, 4.69) is 5.10 Å². The number of aromatic nitrogens is 2. The van der Waals surface area contributed by atoms with Gasteiger partial charge in [0.05, 0.1) is 23.8 Å². The Balaban J connectivity index is 2.15. The summed E-state index contributed by atoms with van der Waals surface area (Å²) >= 11 is 0. The molecule has 0 radical (unpaired) electrons. The molecule has 0 saturated carbocycles. The maximum atomic E-state index is 11.4. The highest BCUT2D eigenvalue weighted by Crippen LogP contribution is 2.34. The zero-order valence-electron chi connectivity index (χ0n) is 11.7. The second-order valence-electron chi connectivity index (χ2n) is 4.86. The predicted molar refractivity (Wildman–Crippen MR) is 78.0 cm³/mol. The molecule has 1 fully saturated rings. The van der Waals surface area contributed by atoms with Crippen molar-refractivity contribution in [3.63, 3.8) is 0 Å². The minimum Gasteiger partial charge on any atom is -0.378 e. The maximum absolute atomic E-state index is 11.4. The van der Waals surface area contributed by atoms with E-state index in [4.69, 9.17) is 4.74 Å². The molecule has 0 atom stereocenters. The van der Waals surface area contributed by atoms with E-state index in [-0.39, 0.29) is 10.6 Å². The van der Waals surface area contributed by atoms with Gasteiger partial charge in [0.2, 0.25) is 5.82 Å². The lowest BCUT2D eigenvalue weighted by Gasteiger charge is -2.28. The van der Waals surface area contributed by atoms with E-state index >= 15 is 0 Å². The number of aryl methyl sites for hydroxylation is 1. The highest BCUT2D eigenvalue weighted by atomic mass is 16.6. The first-order valence-corrected chi connectivity index (χ1v) is 6.80. The molecule has 1 aromatic heterocycles. The monoisotopic (exact) mass is 288 g/mol. The zero-order valence-corrected chi connectivity index (χ0v) is 11.7. The molecule has 0 N–H and O–H groups in total. The first-order valence-electron chi connectivity index (χ1n) is 6.80. The molecule has 21 heavy (non-hydrogen) atoms. The molecule has 1 aliphatic rings. The summed E-state index contributed by atoms with van der Waals surface area (Å²) in [5.41, 5.74) is 1.31. The summed E-state index contributed by atoms with van der Waals surface area (Å²) in [4.78, 5) is 13.0. The van der Waals surface area contributed by atoms with Crippen LogP contribution in [0.4, 0.5) is 11.5 Å². The average molecular weight is 288 g/mol. The number of anilines is 1. The fraction of sp³-hybridized carbons (Fsp3) is 0.357. The lowest BCUT2D eigenvalue weighted by molar-refractivity contribution is -0.384. The van der Waals surface area contributed by atoms with Gasteiger partial charge in [-0.1, -0.05) is 18.2 Å². The van der Waals surface area contributed by atoms with Crippen molar-refractivity contribution in [2.75, 3.05) is 31.2 Å². The Bertz CT molecular complexity index is 648. The van der Waals surface area contributed by atoms with Crippen molar-refractivity contribution in [3.8, 4) is 5.69 Å². The van der Waals surface area contributed by atoms with Crippen molar-refractivity contribution in [1.82, 2.24) is 9.78 Å². The smallest absolute Gasteiger partial charge is 0.334 e. The number of hydrogen-bond donors (Lipinski definition) is 0. The normalized spacial score (nSPS) is 15.2. The molecule has 0 aliphatic carbocycles. The number of ether oxygens (including phenoxy) is 1. The summed E-state index contributed by atoms with van der Waals surface area (Å²) in [7, 11) is 0. The number of nitrogens with zero attached hydrogens (tertiary/aromatic N) is 4. The molecule has 1 saturated heterocycles. The number of morpholine rings is 1. The van der Waals surface area contributed by atoms with E-state index in [1.54, 1.807) is 11.6 Å². The van der Waals surface area contributed by atoms with Crippen LogP contribution in [0.15, 0.2) is 30.3 Å². The molecule has 0 amide bonds. The molecule has 0 unspecified atom stereocenters. The number of hydrogen-bond acceptors (Lipinski definition) is 5. The second-order valence-corrected chi connectivity index (χ2v) is 4.86. The van der Waals surface area contributed by atoms with Crippen LogP contribution in [0.1, 0.15) is 5.69 Å². The van der Waals surface area contributed by atoms with Crippen molar-refractivity contribution in [2.45, 2.75) is 6.92 Å². The molecule has 110 valence electrons. The van der Waals surface area contributed by atoms with Crippen LogP contribution in [0, 0.1) is 17.0 Å². The number of rotatable bonds is 3. The molecule has 2 heterocycles. The fourth-order valence-electron chi connectivity index (χ4n) is 2.53. The molecule has 1 aromatic carbocycles. The van der Waals surface area contributed by atoms with Crippen molar-refractivity contribution in [2.24, 2.45) is 0 Å². The molecular weight excluding hydrogens is 272 g/mol. The van der Waals surface area contributed by atoms with Crippen LogP contribution < -0.4 is 4.90 Å². The first-order chi connectivity index (χ1) is 10.2. The van der Waals surface area contributed by atoms with Crippen LogP contribution in [0.2, 0.25) is 0 Å². The highest BCUT2D eigenvalue weighted by Gasteiger charge is 2.31. The Labute approximate surface area is 121 Å². The summed E-state index contributed by atoms with van der Waals surface area (Å²) in [5.74, 6) is 0.534. The molecule has 2 aromatic rings. The van der Waals surface area contributed by atoms with Gasteiger partial charge in [0, 0.05) is 13.1 Å². The Hall–Kier alpha value is -2.41. The molecule has 7 nitrogen and oxygen atoms in total. The van der Waals surface area contributed by atoms with Gasteiger partial charge < -0.3 is 9.64 Å². The van der Waals surface area contributed by atoms with E-state index in [1.165, 1.54) is 0 Å². The van der Waals surface area contributed by atoms with Gasteiger partial charge in [-0.15, -0.1) is 0 Å². The second kappa shape index (κ2) is 5.53. The van der Waals surface area contributed by atoms with Crippen LogP contribution in [-0.2, 0) is 4.74 Å². The standard InChI is InChI=1S/C14H16N4O3/c1-11-13(18(19)20)14(16-7-9-21-10-8-16)17(15-11)12-5-3-2-4-6-12/h2-6H,7-10H2,1H3. The van der Waals surface area contributed by atoms with E-state index in [0.717, 1.165) is 5.69 Å². The topological polar surface area (TPSA) is 73.4 Å². The van der Waals surface area contributed by atoms with Crippen molar-refractivity contribution < 1.29 is 9.66 Å². The molecule has 3 rings (SSSR count). The number of nitro groups is 1. The van der Waals surface area contributed by atoms with Crippen molar-refractivity contribution in [1.29, 1.82) is 0 Å². The van der Waals surface area contributed by atoms with E-state index in [1.807, 2.05) is 35.2 Å². The van der Waals surface area contributed by atoms with Crippen LogP contribution >= 0.6 is 0 Å². The molecule has 0 spiro atoms. The maximum Gasteiger partial charge on any atom is 0.334 e. The Kier molecular flexibility index (Phi) is 3.57. The number of para-hydroxylation sites is 1.